The minimum absolute atomic E-state index is 0.0933. The van der Waals surface area contributed by atoms with E-state index in [-0.39, 0.29) is 17.8 Å². The number of esters is 1. The first kappa shape index (κ1) is 20.4. The number of halogens is 1. The fourth-order valence-corrected chi connectivity index (χ4v) is 3.70. The summed E-state index contributed by atoms with van der Waals surface area (Å²) in [6.45, 7) is 3.23. The minimum Gasteiger partial charge on any atom is -0.475 e. The van der Waals surface area contributed by atoms with Crippen LogP contribution in [0.25, 0.3) is 0 Å². The molecular weight excluding hydrogens is 422 g/mol. The van der Waals surface area contributed by atoms with Crippen molar-refractivity contribution in [3.63, 3.8) is 0 Å². The van der Waals surface area contributed by atoms with E-state index in [1.54, 1.807) is 11.8 Å². The molecule has 6 heteroatoms. The highest BCUT2D eigenvalue weighted by Crippen LogP contribution is 2.31. The third-order valence-corrected chi connectivity index (χ3v) is 5.49. The molecule has 2 aromatic rings. The monoisotopic (exact) mass is 445 g/mol. The van der Waals surface area contributed by atoms with E-state index in [1.165, 1.54) is 0 Å². The molecule has 2 aromatic carbocycles. The predicted octanol–water partition coefficient (Wildman–Crippen LogP) is 4.37. The molecule has 1 unspecified atom stereocenters. The number of hydrogen-bond donors (Lipinski definition) is 0. The van der Waals surface area contributed by atoms with Crippen LogP contribution in [0.3, 0.4) is 0 Å². The second-order valence-electron chi connectivity index (χ2n) is 6.69. The zero-order valence-corrected chi connectivity index (χ0v) is 17.4. The summed E-state index contributed by atoms with van der Waals surface area (Å²) in [4.78, 5) is 27.0. The number of hydrogen-bond acceptors (Lipinski definition) is 4. The van der Waals surface area contributed by atoms with Crippen LogP contribution in [0.2, 0.25) is 0 Å². The van der Waals surface area contributed by atoms with Crippen LogP contribution in [-0.4, -0.2) is 36.5 Å². The molecule has 0 saturated carbocycles. The second-order valence-corrected chi connectivity index (χ2v) is 7.54. The Kier molecular flexibility index (Phi) is 7.09. The Labute approximate surface area is 173 Å². The molecule has 1 aliphatic heterocycles. The molecule has 28 heavy (non-hydrogen) atoms. The van der Waals surface area contributed by atoms with Crippen molar-refractivity contribution in [2.45, 2.75) is 25.9 Å². The molecule has 148 valence electrons. The number of piperidine rings is 1. The number of carbonyl (C=O) groups is 2. The van der Waals surface area contributed by atoms with Crippen LogP contribution in [0.15, 0.2) is 59.1 Å². The first-order chi connectivity index (χ1) is 13.6. The van der Waals surface area contributed by atoms with Crippen LogP contribution in [-0.2, 0) is 14.3 Å². The van der Waals surface area contributed by atoms with Gasteiger partial charge in [-0.05, 0) is 47.8 Å². The number of rotatable bonds is 6. The van der Waals surface area contributed by atoms with Gasteiger partial charge in [-0.1, -0.05) is 42.5 Å². The Morgan fingerprint density at radius 1 is 1.07 bits per heavy atom. The first-order valence-electron chi connectivity index (χ1n) is 9.51. The highest BCUT2D eigenvalue weighted by Gasteiger charge is 2.33. The van der Waals surface area contributed by atoms with E-state index in [2.05, 4.69) is 15.9 Å². The predicted molar refractivity (Wildman–Crippen MR) is 110 cm³/mol. The van der Waals surface area contributed by atoms with Crippen molar-refractivity contribution in [3.05, 3.63) is 64.6 Å². The van der Waals surface area contributed by atoms with Crippen LogP contribution >= 0.6 is 15.9 Å². The van der Waals surface area contributed by atoms with Crippen LogP contribution in [0.1, 0.15) is 31.4 Å². The maximum absolute atomic E-state index is 13.3. The third kappa shape index (κ3) is 4.93. The van der Waals surface area contributed by atoms with E-state index >= 15 is 0 Å². The van der Waals surface area contributed by atoms with Gasteiger partial charge in [-0.2, -0.15) is 0 Å². The molecule has 1 aliphatic rings. The average Bonchev–Trinajstić information content (AvgIpc) is 2.73. The summed E-state index contributed by atoms with van der Waals surface area (Å²) in [7, 11) is 0. The molecule has 5 nitrogen and oxygen atoms in total. The number of nitrogens with zero attached hydrogens (tertiary/aromatic N) is 1. The smallest absolute Gasteiger partial charge is 0.309 e. The van der Waals surface area contributed by atoms with Gasteiger partial charge < -0.3 is 14.4 Å². The van der Waals surface area contributed by atoms with Gasteiger partial charge in [0, 0.05) is 18.7 Å². The topological polar surface area (TPSA) is 55.8 Å². The lowest BCUT2D eigenvalue weighted by atomic mass is 9.96. The van der Waals surface area contributed by atoms with Crippen molar-refractivity contribution in [1.29, 1.82) is 0 Å². The van der Waals surface area contributed by atoms with Crippen molar-refractivity contribution in [3.8, 4) is 5.75 Å². The molecule has 3 rings (SSSR count). The third-order valence-electron chi connectivity index (χ3n) is 4.83. The van der Waals surface area contributed by atoms with E-state index < -0.39 is 6.10 Å². The van der Waals surface area contributed by atoms with E-state index in [9.17, 15) is 9.59 Å². The Morgan fingerprint density at radius 3 is 2.36 bits per heavy atom. The van der Waals surface area contributed by atoms with Crippen molar-refractivity contribution in [2.24, 2.45) is 5.92 Å². The lowest BCUT2D eigenvalue weighted by Gasteiger charge is -2.33. The lowest BCUT2D eigenvalue weighted by Crippen LogP contribution is -2.44. The highest BCUT2D eigenvalue weighted by molar-refractivity contribution is 9.10. The van der Waals surface area contributed by atoms with Crippen molar-refractivity contribution in [2.75, 3.05) is 19.7 Å². The molecule has 0 bridgehead atoms. The van der Waals surface area contributed by atoms with E-state index in [4.69, 9.17) is 9.47 Å². The second kappa shape index (κ2) is 9.73. The van der Waals surface area contributed by atoms with Gasteiger partial charge in [-0.3, -0.25) is 9.59 Å². The molecule has 0 N–H and O–H groups in total. The molecule has 0 aliphatic carbocycles. The molecule has 0 radical (unpaired) electrons. The molecule has 1 saturated heterocycles. The zero-order chi connectivity index (χ0) is 19.9. The maximum atomic E-state index is 13.3. The summed E-state index contributed by atoms with van der Waals surface area (Å²) in [5.41, 5.74) is 0.802. The molecule has 1 fully saturated rings. The Bertz CT molecular complexity index is 803. The number of para-hydroxylation sites is 1. The average molecular weight is 446 g/mol. The summed E-state index contributed by atoms with van der Waals surface area (Å²) in [6, 6.07) is 17.0. The fraction of sp³-hybridized carbons (Fsp3) is 0.364. The fourth-order valence-electron chi connectivity index (χ4n) is 3.32. The van der Waals surface area contributed by atoms with E-state index in [0.717, 1.165) is 10.0 Å². The van der Waals surface area contributed by atoms with Crippen LogP contribution in [0.5, 0.6) is 5.75 Å². The van der Waals surface area contributed by atoms with Gasteiger partial charge >= 0.3 is 5.97 Å². The number of benzene rings is 2. The standard InChI is InChI=1S/C22H24BrNO4/c1-2-27-22(26)17-12-14-24(15-13-17)21(25)20(16-8-4-3-5-9-16)28-19-11-7-6-10-18(19)23/h3-11,17,20H,2,12-15H2,1H3. The van der Waals surface area contributed by atoms with Crippen molar-refractivity contribution < 1.29 is 19.1 Å². The normalized spacial score (nSPS) is 15.7. The summed E-state index contributed by atoms with van der Waals surface area (Å²) in [6.07, 6.45) is 0.487. The molecule has 0 spiro atoms. The molecule has 1 amide bonds. The number of likely N-dealkylation sites (tertiary alicyclic amines) is 1. The Balaban J connectivity index is 1.75. The van der Waals surface area contributed by atoms with Gasteiger partial charge in [0.15, 0.2) is 0 Å². The van der Waals surface area contributed by atoms with Crippen LogP contribution in [0, 0.1) is 5.92 Å². The van der Waals surface area contributed by atoms with Gasteiger partial charge in [0.2, 0.25) is 6.10 Å². The highest BCUT2D eigenvalue weighted by atomic mass is 79.9. The van der Waals surface area contributed by atoms with Gasteiger partial charge in [-0.25, -0.2) is 0 Å². The summed E-state index contributed by atoms with van der Waals surface area (Å²) in [5, 5.41) is 0. The molecule has 1 heterocycles. The van der Waals surface area contributed by atoms with E-state index in [0.29, 0.717) is 38.3 Å². The quantitative estimate of drug-likeness (QED) is 0.619. The van der Waals surface area contributed by atoms with Crippen LogP contribution in [0.4, 0.5) is 0 Å². The number of amides is 1. The van der Waals surface area contributed by atoms with E-state index in [1.807, 2.05) is 54.6 Å². The summed E-state index contributed by atoms with van der Waals surface area (Å²) < 4.78 is 12.0. The SMILES string of the molecule is CCOC(=O)C1CCN(C(=O)C(Oc2ccccc2Br)c2ccccc2)CC1. The first-order valence-corrected chi connectivity index (χ1v) is 10.3. The summed E-state index contributed by atoms with van der Waals surface area (Å²) >= 11 is 3.48. The van der Waals surface area contributed by atoms with Crippen LogP contribution < -0.4 is 4.74 Å². The van der Waals surface area contributed by atoms with Gasteiger partial charge in [-0.15, -0.1) is 0 Å². The molecule has 1 atom stereocenters. The number of ether oxygens (including phenoxy) is 2. The largest absolute Gasteiger partial charge is 0.475 e. The maximum Gasteiger partial charge on any atom is 0.309 e. The van der Waals surface area contributed by atoms with Gasteiger partial charge in [0.25, 0.3) is 5.91 Å². The number of carbonyl (C=O) groups excluding carboxylic acids is 2. The van der Waals surface area contributed by atoms with Gasteiger partial charge in [0.05, 0.1) is 17.0 Å². The zero-order valence-electron chi connectivity index (χ0n) is 15.8. The van der Waals surface area contributed by atoms with Gasteiger partial charge in [0.1, 0.15) is 5.75 Å². The van der Waals surface area contributed by atoms with Crippen molar-refractivity contribution >= 4 is 27.8 Å². The molecule has 0 aromatic heterocycles. The minimum atomic E-state index is -0.737. The molecular formula is C22H24BrNO4. The lowest BCUT2D eigenvalue weighted by molar-refractivity contribution is -0.152. The Hall–Kier alpha value is -2.34. The Morgan fingerprint density at radius 2 is 1.71 bits per heavy atom. The summed E-state index contributed by atoms with van der Waals surface area (Å²) in [5.74, 6) is 0.220. The van der Waals surface area contributed by atoms with Crippen molar-refractivity contribution in [1.82, 2.24) is 4.90 Å².